The van der Waals surface area contributed by atoms with E-state index in [-0.39, 0.29) is 4.21 Å². The average Bonchev–Trinajstić information content (AvgIpc) is 2.39. The van der Waals surface area contributed by atoms with E-state index in [1.54, 1.807) is 18.9 Å². The third kappa shape index (κ3) is 1.55. The van der Waals surface area contributed by atoms with Gasteiger partial charge in [-0.05, 0) is 19.1 Å². The standard InChI is InChI=1S/C13H16ClNO2S/c1-12-13(14,18-8-7-17-12)9-15(12)10-5-3-4-6-11(10)16-2/h3-6H,7-9H2,1-2H3/t12-,13-/m1/s1. The Balaban J connectivity index is 1.95. The van der Waals surface area contributed by atoms with Gasteiger partial charge >= 0.3 is 0 Å². The number of alkyl halides is 1. The minimum atomic E-state index is -0.452. The summed E-state index contributed by atoms with van der Waals surface area (Å²) in [5.41, 5.74) is 0.591. The van der Waals surface area contributed by atoms with Gasteiger partial charge in [0.1, 0.15) is 5.75 Å². The lowest BCUT2D eigenvalue weighted by atomic mass is 9.96. The molecule has 5 heteroatoms. The van der Waals surface area contributed by atoms with Gasteiger partial charge in [-0.3, -0.25) is 0 Å². The monoisotopic (exact) mass is 285 g/mol. The first-order valence-corrected chi connectivity index (χ1v) is 7.34. The highest BCUT2D eigenvalue weighted by atomic mass is 35.5. The number of rotatable bonds is 2. The predicted octanol–water partition coefficient (Wildman–Crippen LogP) is 2.93. The molecule has 98 valence electrons. The minimum absolute atomic E-state index is 0.341. The molecule has 18 heavy (non-hydrogen) atoms. The van der Waals surface area contributed by atoms with Crippen LogP contribution < -0.4 is 9.64 Å². The van der Waals surface area contributed by atoms with E-state index >= 15 is 0 Å². The molecule has 0 aliphatic carbocycles. The van der Waals surface area contributed by atoms with Crippen LogP contribution in [0.4, 0.5) is 5.69 Å². The Morgan fingerprint density at radius 2 is 2.22 bits per heavy atom. The van der Waals surface area contributed by atoms with E-state index in [2.05, 4.69) is 11.8 Å². The van der Waals surface area contributed by atoms with E-state index in [1.165, 1.54) is 0 Å². The fraction of sp³-hybridized carbons (Fsp3) is 0.538. The molecule has 0 N–H and O–H groups in total. The molecule has 0 unspecified atom stereocenters. The van der Waals surface area contributed by atoms with Crippen molar-refractivity contribution in [3.05, 3.63) is 24.3 Å². The van der Waals surface area contributed by atoms with E-state index in [9.17, 15) is 0 Å². The van der Waals surface area contributed by atoms with Gasteiger partial charge in [-0.15, -0.1) is 23.4 Å². The number of ether oxygens (including phenoxy) is 2. The van der Waals surface area contributed by atoms with Crippen LogP contribution in [0.1, 0.15) is 6.92 Å². The predicted molar refractivity (Wildman–Crippen MR) is 75.7 cm³/mol. The van der Waals surface area contributed by atoms with Gasteiger partial charge in [-0.1, -0.05) is 12.1 Å². The smallest absolute Gasteiger partial charge is 0.168 e. The summed E-state index contributed by atoms with van der Waals surface area (Å²) in [6.45, 7) is 3.57. The molecule has 1 aromatic carbocycles. The molecule has 3 nitrogen and oxygen atoms in total. The maximum Gasteiger partial charge on any atom is 0.168 e. The molecule has 2 atom stereocenters. The zero-order chi connectivity index (χ0) is 12.8. The second-order valence-corrected chi connectivity index (χ2v) is 6.93. The lowest BCUT2D eigenvalue weighted by molar-refractivity contribution is -0.0784. The van der Waals surface area contributed by atoms with Crippen molar-refractivity contribution in [3.63, 3.8) is 0 Å². The Kier molecular flexibility index (Phi) is 2.92. The third-order valence-electron chi connectivity index (χ3n) is 3.74. The van der Waals surface area contributed by atoms with Gasteiger partial charge < -0.3 is 14.4 Å². The number of para-hydroxylation sites is 2. The normalized spacial score (nSPS) is 34.7. The second-order valence-electron chi connectivity index (χ2n) is 4.67. The number of hydrogen-bond donors (Lipinski definition) is 0. The molecule has 0 bridgehead atoms. The summed E-state index contributed by atoms with van der Waals surface area (Å²) in [6.07, 6.45) is 0. The maximum atomic E-state index is 6.65. The summed E-state index contributed by atoms with van der Waals surface area (Å²) in [5.74, 6) is 1.82. The SMILES string of the molecule is COc1ccccc1N1C[C@@]2(Cl)SCCO[C@@]12C. The molecule has 2 aliphatic heterocycles. The van der Waals surface area contributed by atoms with E-state index in [4.69, 9.17) is 21.1 Å². The van der Waals surface area contributed by atoms with Crippen LogP contribution in [0.5, 0.6) is 5.75 Å². The summed E-state index contributed by atoms with van der Waals surface area (Å²) in [7, 11) is 1.69. The molecule has 2 heterocycles. The van der Waals surface area contributed by atoms with E-state index in [0.717, 1.165) is 30.3 Å². The number of methoxy groups -OCH3 is 1. The first-order chi connectivity index (χ1) is 8.61. The average molecular weight is 286 g/mol. The van der Waals surface area contributed by atoms with Crippen LogP contribution in [0.25, 0.3) is 0 Å². The lowest BCUT2D eigenvalue weighted by Crippen LogP contribution is -2.77. The molecular formula is C13H16ClNO2S. The summed E-state index contributed by atoms with van der Waals surface area (Å²) >= 11 is 8.43. The van der Waals surface area contributed by atoms with Gasteiger partial charge in [0.2, 0.25) is 0 Å². The zero-order valence-electron chi connectivity index (χ0n) is 10.5. The van der Waals surface area contributed by atoms with Crippen LogP contribution in [0, 0.1) is 0 Å². The molecule has 0 aromatic heterocycles. The Morgan fingerprint density at radius 1 is 1.44 bits per heavy atom. The Labute approximate surface area is 116 Å². The molecule has 0 saturated carbocycles. The topological polar surface area (TPSA) is 21.7 Å². The number of thioether (sulfide) groups is 1. The molecule has 0 amide bonds. The van der Waals surface area contributed by atoms with Gasteiger partial charge in [0.25, 0.3) is 0 Å². The number of anilines is 1. The van der Waals surface area contributed by atoms with Crippen molar-refractivity contribution in [2.24, 2.45) is 0 Å². The van der Waals surface area contributed by atoms with E-state index in [0.29, 0.717) is 0 Å². The fourth-order valence-corrected chi connectivity index (χ4v) is 4.24. The molecule has 3 rings (SSSR count). The number of hydrogen-bond acceptors (Lipinski definition) is 4. The highest BCUT2D eigenvalue weighted by Gasteiger charge is 2.64. The van der Waals surface area contributed by atoms with Crippen molar-refractivity contribution < 1.29 is 9.47 Å². The number of fused-ring (bicyclic) bond motifs is 1. The van der Waals surface area contributed by atoms with Crippen LogP contribution in [-0.4, -0.2) is 35.9 Å². The summed E-state index contributed by atoms with van der Waals surface area (Å²) < 4.78 is 11.0. The van der Waals surface area contributed by atoms with Crippen LogP contribution in [0.3, 0.4) is 0 Å². The van der Waals surface area contributed by atoms with Gasteiger partial charge in [0, 0.05) is 5.75 Å². The summed E-state index contributed by atoms with van der Waals surface area (Å²) in [5, 5.41) is 0. The van der Waals surface area contributed by atoms with Crippen LogP contribution >= 0.6 is 23.4 Å². The Morgan fingerprint density at radius 3 is 2.94 bits per heavy atom. The van der Waals surface area contributed by atoms with Gasteiger partial charge in [0.15, 0.2) is 9.93 Å². The third-order valence-corrected chi connectivity index (χ3v) is 5.88. The van der Waals surface area contributed by atoms with Crippen LogP contribution in [0.15, 0.2) is 24.3 Å². The summed E-state index contributed by atoms with van der Waals surface area (Å²) in [6, 6.07) is 7.98. The molecule has 0 spiro atoms. The Bertz CT molecular complexity index is 472. The first-order valence-electron chi connectivity index (χ1n) is 5.98. The van der Waals surface area contributed by atoms with Crippen LogP contribution in [-0.2, 0) is 4.74 Å². The first kappa shape index (κ1) is 12.5. The fourth-order valence-electron chi connectivity index (χ4n) is 2.59. The molecule has 1 aromatic rings. The molecule has 2 aliphatic rings. The number of nitrogens with zero attached hydrogens (tertiary/aromatic N) is 1. The van der Waals surface area contributed by atoms with Crippen molar-refractivity contribution in [1.29, 1.82) is 0 Å². The minimum Gasteiger partial charge on any atom is -0.495 e. The molecular weight excluding hydrogens is 270 g/mol. The largest absolute Gasteiger partial charge is 0.495 e. The van der Waals surface area contributed by atoms with Gasteiger partial charge in [0.05, 0.1) is 25.9 Å². The molecule has 0 radical (unpaired) electrons. The second kappa shape index (κ2) is 4.22. The molecule has 2 saturated heterocycles. The van der Waals surface area contributed by atoms with E-state index in [1.807, 2.05) is 24.3 Å². The van der Waals surface area contributed by atoms with Crippen LogP contribution in [0.2, 0.25) is 0 Å². The highest BCUT2D eigenvalue weighted by molar-refractivity contribution is 8.02. The molecule has 2 fully saturated rings. The van der Waals surface area contributed by atoms with Crippen molar-refractivity contribution in [2.45, 2.75) is 16.9 Å². The van der Waals surface area contributed by atoms with Crippen molar-refractivity contribution >= 4 is 29.1 Å². The number of halogens is 1. The van der Waals surface area contributed by atoms with E-state index < -0.39 is 5.72 Å². The maximum absolute atomic E-state index is 6.65. The highest BCUT2D eigenvalue weighted by Crippen LogP contribution is 2.57. The quantitative estimate of drug-likeness (QED) is 0.779. The number of benzene rings is 1. The Hall–Kier alpha value is -0.580. The van der Waals surface area contributed by atoms with Gasteiger partial charge in [-0.25, -0.2) is 0 Å². The van der Waals surface area contributed by atoms with Crippen molar-refractivity contribution in [1.82, 2.24) is 0 Å². The summed E-state index contributed by atoms with van der Waals surface area (Å²) in [4.78, 5) is 2.19. The lowest BCUT2D eigenvalue weighted by Gasteiger charge is -2.63. The van der Waals surface area contributed by atoms with Gasteiger partial charge in [-0.2, -0.15) is 0 Å². The van der Waals surface area contributed by atoms with Crippen molar-refractivity contribution in [2.75, 3.05) is 30.9 Å². The van der Waals surface area contributed by atoms with Crippen molar-refractivity contribution in [3.8, 4) is 5.75 Å². The zero-order valence-corrected chi connectivity index (χ0v) is 12.1.